The van der Waals surface area contributed by atoms with Crippen LogP contribution in [0.1, 0.15) is 5.56 Å². The van der Waals surface area contributed by atoms with Crippen molar-refractivity contribution in [1.82, 2.24) is 4.90 Å². The van der Waals surface area contributed by atoms with Crippen LogP contribution in [-0.2, 0) is 16.0 Å². The van der Waals surface area contributed by atoms with E-state index in [0.29, 0.717) is 19.6 Å². The molecule has 1 heterocycles. The second kappa shape index (κ2) is 5.73. The molecule has 0 bridgehead atoms. The van der Waals surface area contributed by atoms with Gasteiger partial charge in [-0.2, -0.15) is 0 Å². The van der Waals surface area contributed by atoms with Gasteiger partial charge in [-0.15, -0.1) is 0 Å². The van der Waals surface area contributed by atoms with Crippen LogP contribution >= 0.6 is 0 Å². The van der Waals surface area contributed by atoms with Crippen LogP contribution in [0.4, 0.5) is 0 Å². The summed E-state index contributed by atoms with van der Waals surface area (Å²) in [5.41, 5.74) is 1.09. The number of likely N-dealkylation sites (N-methyl/N-ethyl adjacent to an activating group) is 1. The highest BCUT2D eigenvalue weighted by Crippen LogP contribution is 2.20. The van der Waals surface area contributed by atoms with E-state index in [-0.39, 0.29) is 11.9 Å². The number of ketones is 1. The first kappa shape index (κ1) is 13.3. The molecule has 0 N–H and O–H groups in total. The van der Waals surface area contributed by atoms with E-state index in [1.54, 1.807) is 0 Å². The quantitative estimate of drug-likeness (QED) is 0.856. The number of ether oxygens (including phenoxy) is 1. The lowest BCUT2D eigenvalue weighted by atomic mass is 9.98. The molecule has 3 rings (SSSR count). The van der Waals surface area contributed by atoms with Crippen LogP contribution in [0.2, 0.25) is 0 Å². The van der Waals surface area contributed by atoms with Crippen molar-refractivity contribution >= 4 is 16.6 Å². The van der Waals surface area contributed by atoms with Crippen LogP contribution in [0.5, 0.6) is 0 Å². The molecular weight excluding hydrogens is 250 g/mol. The normalized spacial score (nSPS) is 20.1. The van der Waals surface area contributed by atoms with Gasteiger partial charge >= 0.3 is 0 Å². The molecule has 3 nitrogen and oxygen atoms in total. The van der Waals surface area contributed by atoms with E-state index in [1.807, 2.05) is 31.3 Å². The molecule has 104 valence electrons. The maximum atomic E-state index is 12.4. The third kappa shape index (κ3) is 2.74. The molecule has 1 aliphatic rings. The first-order valence-electron chi connectivity index (χ1n) is 7.03. The fourth-order valence-electron chi connectivity index (χ4n) is 2.72. The second-order valence-electron chi connectivity index (χ2n) is 5.40. The molecule has 1 saturated heterocycles. The summed E-state index contributed by atoms with van der Waals surface area (Å²) < 4.78 is 5.60. The van der Waals surface area contributed by atoms with Crippen molar-refractivity contribution in [3.05, 3.63) is 48.0 Å². The van der Waals surface area contributed by atoms with Crippen molar-refractivity contribution in [3.8, 4) is 0 Å². The lowest BCUT2D eigenvalue weighted by Crippen LogP contribution is -2.44. The number of carbonyl (C=O) groups is 1. The molecule has 0 saturated carbocycles. The van der Waals surface area contributed by atoms with E-state index in [2.05, 4.69) is 23.1 Å². The standard InChI is InChI=1S/C17H19NO2/c1-18-9-10-20-17(12-18)16(19)11-14-7-4-6-13-5-2-3-8-15(13)14/h2-8,17H,9-12H2,1H3. The number of hydrogen-bond acceptors (Lipinski definition) is 3. The third-order valence-corrected chi connectivity index (χ3v) is 3.87. The van der Waals surface area contributed by atoms with Gasteiger partial charge in [-0.05, 0) is 23.4 Å². The largest absolute Gasteiger partial charge is 0.368 e. The van der Waals surface area contributed by atoms with E-state index >= 15 is 0 Å². The number of nitrogens with zero attached hydrogens (tertiary/aromatic N) is 1. The van der Waals surface area contributed by atoms with Gasteiger partial charge in [-0.1, -0.05) is 42.5 Å². The molecule has 3 heteroatoms. The Labute approximate surface area is 119 Å². The Morgan fingerprint density at radius 1 is 1.25 bits per heavy atom. The molecule has 2 aromatic carbocycles. The fraction of sp³-hybridized carbons (Fsp3) is 0.353. The zero-order valence-corrected chi connectivity index (χ0v) is 11.7. The molecule has 1 unspecified atom stereocenters. The maximum Gasteiger partial charge on any atom is 0.167 e. The number of carbonyl (C=O) groups excluding carboxylic acids is 1. The van der Waals surface area contributed by atoms with Gasteiger partial charge in [0.2, 0.25) is 0 Å². The molecule has 20 heavy (non-hydrogen) atoms. The Bertz CT molecular complexity index is 618. The first-order chi connectivity index (χ1) is 9.74. The van der Waals surface area contributed by atoms with E-state index in [0.717, 1.165) is 17.5 Å². The Balaban J connectivity index is 1.80. The van der Waals surface area contributed by atoms with E-state index in [1.165, 1.54) is 5.39 Å². The minimum absolute atomic E-state index is 0.174. The smallest absolute Gasteiger partial charge is 0.167 e. The first-order valence-corrected chi connectivity index (χ1v) is 7.03. The number of hydrogen-bond donors (Lipinski definition) is 0. The van der Waals surface area contributed by atoms with Crippen molar-refractivity contribution in [2.45, 2.75) is 12.5 Å². The summed E-state index contributed by atoms with van der Waals surface area (Å²) in [5.74, 6) is 0.174. The van der Waals surface area contributed by atoms with Gasteiger partial charge in [0.15, 0.2) is 5.78 Å². The molecule has 0 aromatic heterocycles. The minimum Gasteiger partial charge on any atom is -0.368 e. The average Bonchev–Trinajstić information content (AvgIpc) is 2.47. The van der Waals surface area contributed by atoms with Gasteiger partial charge in [0.25, 0.3) is 0 Å². The number of rotatable bonds is 3. The van der Waals surface area contributed by atoms with Crippen molar-refractivity contribution in [1.29, 1.82) is 0 Å². The minimum atomic E-state index is -0.285. The summed E-state index contributed by atoms with van der Waals surface area (Å²) in [6.07, 6.45) is 0.160. The summed E-state index contributed by atoms with van der Waals surface area (Å²) in [6, 6.07) is 14.3. The van der Waals surface area contributed by atoms with Crippen molar-refractivity contribution in [2.75, 3.05) is 26.7 Å². The monoisotopic (exact) mass is 269 g/mol. The Morgan fingerprint density at radius 3 is 2.90 bits per heavy atom. The summed E-state index contributed by atoms with van der Waals surface area (Å²) in [7, 11) is 2.03. The van der Waals surface area contributed by atoms with Crippen LogP contribution in [0.25, 0.3) is 10.8 Å². The van der Waals surface area contributed by atoms with Gasteiger partial charge in [-0.25, -0.2) is 0 Å². The molecular formula is C17H19NO2. The van der Waals surface area contributed by atoms with Crippen molar-refractivity contribution in [2.24, 2.45) is 0 Å². The topological polar surface area (TPSA) is 29.5 Å². The summed E-state index contributed by atoms with van der Waals surface area (Å²) >= 11 is 0. The van der Waals surface area contributed by atoms with Crippen molar-refractivity contribution < 1.29 is 9.53 Å². The lowest BCUT2D eigenvalue weighted by molar-refractivity contribution is -0.134. The molecule has 0 aliphatic carbocycles. The third-order valence-electron chi connectivity index (χ3n) is 3.87. The highest BCUT2D eigenvalue weighted by atomic mass is 16.5. The number of benzene rings is 2. The highest BCUT2D eigenvalue weighted by Gasteiger charge is 2.24. The molecule has 0 amide bonds. The predicted octanol–water partition coefficient (Wildman–Crippen LogP) is 2.28. The second-order valence-corrected chi connectivity index (χ2v) is 5.40. The summed E-state index contributed by atoms with van der Waals surface area (Å²) in [5, 5.41) is 2.34. The number of morpholine rings is 1. The molecule has 1 atom stereocenters. The van der Waals surface area contributed by atoms with Crippen molar-refractivity contribution in [3.63, 3.8) is 0 Å². The average molecular weight is 269 g/mol. The van der Waals surface area contributed by atoms with E-state index in [9.17, 15) is 4.79 Å². The lowest BCUT2D eigenvalue weighted by Gasteiger charge is -2.29. The van der Waals surface area contributed by atoms with Crippen LogP contribution in [0.3, 0.4) is 0 Å². The highest BCUT2D eigenvalue weighted by molar-refractivity contribution is 5.92. The van der Waals surface area contributed by atoms with Crippen LogP contribution in [-0.4, -0.2) is 43.5 Å². The fourth-order valence-corrected chi connectivity index (χ4v) is 2.72. The number of fused-ring (bicyclic) bond motifs is 1. The van der Waals surface area contributed by atoms with Gasteiger partial charge in [0.1, 0.15) is 6.10 Å². The van der Waals surface area contributed by atoms with Crippen LogP contribution in [0, 0.1) is 0 Å². The van der Waals surface area contributed by atoms with E-state index in [4.69, 9.17) is 4.74 Å². The molecule has 2 aromatic rings. The van der Waals surface area contributed by atoms with Gasteiger partial charge < -0.3 is 9.64 Å². The van der Waals surface area contributed by atoms with E-state index < -0.39 is 0 Å². The summed E-state index contributed by atoms with van der Waals surface area (Å²) in [4.78, 5) is 14.6. The Kier molecular flexibility index (Phi) is 3.81. The van der Waals surface area contributed by atoms with Crippen LogP contribution < -0.4 is 0 Å². The van der Waals surface area contributed by atoms with Gasteiger partial charge in [-0.3, -0.25) is 4.79 Å². The molecule has 1 aliphatic heterocycles. The molecule has 1 fully saturated rings. The van der Waals surface area contributed by atoms with Gasteiger partial charge in [0.05, 0.1) is 6.61 Å². The molecule has 0 radical (unpaired) electrons. The maximum absolute atomic E-state index is 12.4. The number of Topliss-reactive ketones (excluding diaryl/α,β-unsaturated/α-hetero) is 1. The van der Waals surface area contributed by atoms with Gasteiger partial charge in [0, 0.05) is 19.5 Å². The van der Waals surface area contributed by atoms with Crippen LogP contribution in [0.15, 0.2) is 42.5 Å². The molecule has 0 spiro atoms. The zero-order chi connectivity index (χ0) is 13.9. The summed E-state index contributed by atoms with van der Waals surface area (Å²) in [6.45, 7) is 2.24. The Morgan fingerprint density at radius 2 is 2.05 bits per heavy atom. The zero-order valence-electron chi connectivity index (χ0n) is 11.7. The SMILES string of the molecule is CN1CCOC(C(=O)Cc2cccc3ccccc23)C1. The predicted molar refractivity (Wildman–Crippen MR) is 79.9 cm³/mol. The Hall–Kier alpha value is -1.71.